The summed E-state index contributed by atoms with van der Waals surface area (Å²) in [6, 6.07) is 3.73. The average Bonchev–Trinajstić information content (AvgIpc) is 2.65. The van der Waals surface area contributed by atoms with Gasteiger partial charge in [0.15, 0.2) is 0 Å². The molecule has 1 rings (SSSR count). The summed E-state index contributed by atoms with van der Waals surface area (Å²) in [5.74, 6) is 3.51. The molecule has 0 saturated heterocycles. The molecular weight excluding hydrogens is 218 g/mol. The number of hydrogen-bond donors (Lipinski definition) is 2. The van der Waals surface area contributed by atoms with Gasteiger partial charge in [0, 0.05) is 12.3 Å². The number of thioether (sulfide) groups is 1. The van der Waals surface area contributed by atoms with Crippen molar-refractivity contribution < 1.29 is 9.52 Å². The highest BCUT2D eigenvalue weighted by Gasteiger charge is 2.00. The molecule has 80 valence electrons. The normalized spacial score (nSPS) is 10.7. The highest BCUT2D eigenvalue weighted by atomic mass is 32.2. The van der Waals surface area contributed by atoms with E-state index in [4.69, 9.17) is 9.52 Å². The predicted molar refractivity (Wildman–Crippen MR) is 62.3 cm³/mol. The Morgan fingerprint density at radius 2 is 2.21 bits per heavy atom. The van der Waals surface area contributed by atoms with E-state index in [2.05, 4.69) is 4.72 Å². The van der Waals surface area contributed by atoms with Crippen LogP contribution in [0.25, 0.3) is 0 Å². The van der Waals surface area contributed by atoms with Gasteiger partial charge < -0.3 is 9.52 Å². The first kappa shape index (κ1) is 12.0. The third-order valence-electron chi connectivity index (χ3n) is 1.61. The molecule has 0 atom stereocenters. The number of aliphatic hydroxyl groups is 1. The number of aliphatic hydroxyl groups excluding tert-OH is 1. The SMILES string of the molecule is CSNCCSCc1ccc(CO)o1. The van der Waals surface area contributed by atoms with E-state index in [-0.39, 0.29) is 6.61 Å². The first-order valence-corrected chi connectivity index (χ1v) is 6.76. The van der Waals surface area contributed by atoms with E-state index in [1.54, 1.807) is 11.9 Å². The lowest BCUT2D eigenvalue weighted by Crippen LogP contribution is -2.06. The van der Waals surface area contributed by atoms with Crippen LogP contribution in [0.3, 0.4) is 0 Å². The zero-order valence-corrected chi connectivity index (χ0v) is 9.79. The zero-order chi connectivity index (χ0) is 10.2. The fraction of sp³-hybridized carbons (Fsp3) is 0.556. The second-order valence-corrected chi connectivity index (χ2v) is 4.48. The van der Waals surface area contributed by atoms with Crippen molar-refractivity contribution in [2.24, 2.45) is 0 Å². The summed E-state index contributed by atoms with van der Waals surface area (Å²) in [7, 11) is 0. The van der Waals surface area contributed by atoms with E-state index < -0.39 is 0 Å². The molecule has 2 N–H and O–H groups in total. The van der Waals surface area contributed by atoms with Gasteiger partial charge in [-0.05, 0) is 18.4 Å². The minimum absolute atomic E-state index is 0.0152. The molecule has 0 radical (unpaired) electrons. The maximum atomic E-state index is 8.78. The van der Waals surface area contributed by atoms with Crippen LogP contribution >= 0.6 is 23.7 Å². The van der Waals surface area contributed by atoms with Crippen LogP contribution in [0, 0.1) is 0 Å². The number of nitrogens with one attached hydrogen (secondary N) is 1. The Balaban J connectivity index is 2.12. The summed E-state index contributed by atoms with van der Waals surface area (Å²) in [5, 5.41) is 8.78. The van der Waals surface area contributed by atoms with Crippen molar-refractivity contribution >= 4 is 23.7 Å². The lowest BCUT2D eigenvalue weighted by atomic mass is 10.4. The molecule has 1 aromatic rings. The molecule has 0 saturated carbocycles. The van der Waals surface area contributed by atoms with Crippen molar-refractivity contribution in [1.29, 1.82) is 0 Å². The standard InChI is InChI=1S/C9H15NO2S2/c1-13-10-4-5-14-7-9-3-2-8(6-11)12-9/h2-3,10-11H,4-7H2,1H3. The largest absolute Gasteiger partial charge is 0.463 e. The summed E-state index contributed by atoms with van der Waals surface area (Å²) in [6.45, 7) is 0.984. The van der Waals surface area contributed by atoms with Gasteiger partial charge in [-0.3, -0.25) is 4.72 Å². The fourth-order valence-corrected chi connectivity index (χ4v) is 2.16. The van der Waals surface area contributed by atoms with Gasteiger partial charge in [-0.25, -0.2) is 0 Å². The Labute approximate surface area is 92.8 Å². The minimum atomic E-state index is -0.0152. The molecule has 0 amide bonds. The Morgan fingerprint density at radius 1 is 1.43 bits per heavy atom. The van der Waals surface area contributed by atoms with Crippen molar-refractivity contribution in [3.63, 3.8) is 0 Å². The fourth-order valence-electron chi connectivity index (χ4n) is 0.974. The van der Waals surface area contributed by atoms with Crippen molar-refractivity contribution in [1.82, 2.24) is 4.72 Å². The maximum Gasteiger partial charge on any atom is 0.129 e. The van der Waals surface area contributed by atoms with E-state index in [0.29, 0.717) is 5.76 Å². The molecular formula is C9H15NO2S2. The van der Waals surface area contributed by atoms with Gasteiger partial charge in [0.1, 0.15) is 18.1 Å². The predicted octanol–water partition coefficient (Wildman–Crippen LogP) is 1.87. The Morgan fingerprint density at radius 3 is 2.86 bits per heavy atom. The van der Waals surface area contributed by atoms with Crippen LogP contribution in [0.1, 0.15) is 11.5 Å². The van der Waals surface area contributed by atoms with Gasteiger partial charge in [0.25, 0.3) is 0 Å². The second kappa shape index (κ2) is 7.23. The highest BCUT2D eigenvalue weighted by molar-refractivity contribution is 7.98. The number of furan rings is 1. The Bertz CT molecular complexity index is 253. The molecule has 0 spiro atoms. The lowest BCUT2D eigenvalue weighted by Gasteiger charge is -1.99. The quantitative estimate of drug-likeness (QED) is 0.556. The van der Waals surface area contributed by atoms with Gasteiger partial charge in [-0.1, -0.05) is 11.9 Å². The lowest BCUT2D eigenvalue weighted by molar-refractivity contribution is 0.244. The first-order valence-electron chi connectivity index (χ1n) is 4.39. The molecule has 0 aliphatic rings. The molecule has 14 heavy (non-hydrogen) atoms. The Hall–Kier alpha value is -0.100. The molecule has 5 heteroatoms. The monoisotopic (exact) mass is 233 g/mol. The molecule has 1 aromatic heterocycles. The van der Waals surface area contributed by atoms with Crippen LogP contribution in [0.15, 0.2) is 16.5 Å². The molecule has 0 aromatic carbocycles. The van der Waals surface area contributed by atoms with E-state index in [1.165, 1.54) is 0 Å². The summed E-state index contributed by atoms with van der Waals surface area (Å²) < 4.78 is 8.52. The van der Waals surface area contributed by atoms with E-state index >= 15 is 0 Å². The molecule has 1 heterocycles. The van der Waals surface area contributed by atoms with Crippen LogP contribution in [0.2, 0.25) is 0 Å². The summed E-state index contributed by atoms with van der Waals surface area (Å²) in [5.41, 5.74) is 0. The van der Waals surface area contributed by atoms with Crippen LogP contribution < -0.4 is 4.72 Å². The van der Waals surface area contributed by atoms with Gasteiger partial charge in [0.05, 0.1) is 5.75 Å². The maximum absolute atomic E-state index is 8.78. The van der Waals surface area contributed by atoms with E-state index in [9.17, 15) is 0 Å². The van der Waals surface area contributed by atoms with Gasteiger partial charge in [0.2, 0.25) is 0 Å². The van der Waals surface area contributed by atoms with Crippen molar-refractivity contribution in [3.05, 3.63) is 23.7 Å². The summed E-state index contributed by atoms with van der Waals surface area (Å²) >= 11 is 3.45. The topological polar surface area (TPSA) is 45.4 Å². The minimum Gasteiger partial charge on any atom is -0.463 e. The van der Waals surface area contributed by atoms with E-state index in [1.807, 2.05) is 30.2 Å². The van der Waals surface area contributed by atoms with Gasteiger partial charge in [-0.15, -0.1) is 0 Å². The smallest absolute Gasteiger partial charge is 0.129 e. The highest BCUT2D eigenvalue weighted by Crippen LogP contribution is 2.15. The number of rotatable bonds is 7. The van der Waals surface area contributed by atoms with Gasteiger partial charge >= 0.3 is 0 Å². The molecule has 0 unspecified atom stereocenters. The van der Waals surface area contributed by atoms with Crippen LogP contribution in [-0.2, 0) is 12.4 Å². The van der Waals surface area contributed by atoms with Crippen molar-refractivity contribution in [3.8, 4) is 0 Å². The van der Waals surface area contributed by atoms with Crippen LogP contribution in [0.5, 0.6) is 0 Å². The Kier molecular flexibility index (Phi) is 6.18. The van der Waals surface area contributed by atoms with Crippen LogP contribution in [0.4, 0.5) is 0 Å². The second-order valence-electron chi connectivity index (χ2n) is 2.68. The van der Waals surface area contributed by atoms with Crippen molar-refractivity contribution in [2.75, 3.05) is 18.6 Å². The molecule has 0 aliphatic heterocycles. The molecule has 3 nitrogen and oxygen atoms in total. The first-order chi connectivity index (χ1) is 6.86. The molecule has 0 fully saturated rings. The molecule has 0 aliphatic carbocycles. The third-order valence-corrected chi connectivity index (χ3v) is 3.08. The van der Waals surface area contributed by atoms with Crippen molar-refractivity contribution in [2.45, 2.75) is 12.4 Å². The van der Waals surface area contributed by atoms with Gasteiger partial charge in [-0.2, -0.15) is 11.8 Å². The van der Waals surface area contributed by atoms with Crippen LogP contribution in [-0.4, -0.2) is 23.7 Å². The van der Waals surface area contributed by atoms with E-state index in [0.717, 1.165) is 23.8 Å². The average molecular weight is 233 g/mol. The third kappa shape index (κ3) is 4.41. The summed E-state index contributed by atoms with van der Waals surface area (Å²) in [4.78, 5) is 0. The number of hydrogen-bond acceptors (Lipinski definition) is 5. The zero-order valence-electron chi connectivity index (χ0n) is 8.16. The summed E-state index contributed by atoms with van der Waals surface area (Å²) in [6.07, 6.45) is 2.02. The molecule has 0 bridgehead atoms.